The van der Waals surface area contributed by atoms with Crippen molar-refractivity contribution in [1.29, 1.82) is 0 Å². The Hall–Kier alpha value is -4.99. The molecule has 1 aliphatic rings. The van der Waals surface area contributed by atoms with Crippen molar-refractivity contribution in [3.63, 3.8) is 0 Å². The van der Waals surface area contributed by atoms with Gasteiger partial charge in [0, 0.05) is 31.8 Å². The van der Waals surface area contributed by atoms with Gasteiger partial charge in [0.25, 0.3) is 0 Å². The SMILES string of the molecule is CCOCCOc1ncc(NC(=O)C(C)(C)[C@@H](c2ccc(C)c(CN3C[C@@H](CC)Oc4ncccc4S3(=O)=O)c2)c2ccc3c(nnn3CC)c2C)cn1. The second-order valence-electron chi connectivity index (χ2n) is 13.9. The van der Waals surface area contributed by atoms with Crippen molar-refractivity contribution in [3.05, 3.63) is 88.9 Å². The van der Waals surface area contributed by atoms with Crippen molar-refractivity contribution in [3.8, 4) is 11.9 Å². The zero-order valence-electron chi connectivity index (χ0n) is 31.9. The molecule has 0 radical (unpaired) electrons. The van der Waals surface area contributed by atoms with Crippen LogP contribution in [0.2, 0.25) is 0 Å². The lowest BCUT2D eigenvalue weighted by Crippen LogP contribution is -2.38. The van der Waals surface area contributed by atoms with Crippen LogP contribution in [0.25, 0.3) is 11.0 Å². The fourth-order valence-electron chi connectivity index (χ4n) is 6.84. The van der Waals surface area contributed by atoms with Crippen molar-refractivity contribution in [2.75, 3.05) is 31.7 Å². The van der Waals surface area contributed by atoms with Crippen LogP contribution in [0.4, 0.5) is 5.69 Å². The van der Waals surface area contributed by atoms with Crippen LogP contribution < -0.4 is 14.8 Å². The summed E-state index contributed by atoms with van der Waals surface area (Å²) < 4.78 is 48.4. The van der Waals surface area contributed by atoms with Gasteiger partial charge in [0.1, 0.15) is 23.1 Å². The molecule has 3 aromatic heterocycles. The number of anilines is 1. The lowest BCUT2D eigenvalue weighted by molar-refractivity contribution is -0.124. The fraction of sp³-hybridized carbons (Fsp3) is 0.436. The number of benzene rings is 2. The number of carbonyl (C=O) groups is 1. The number of amides is 1. The first-order chi connectivity index (χ1) is 25.9. The van der Waals surface area contributed by atoms with Crippen LogP contribution in [0.15, 0.2) is 66.0 Å². The summed E-state index contributed by atoms with van der Waals surface area (Å²) in [7, 11) is -3.94. The maximum atomic E-state index is 14.4. The molecule has 286 valence electrons. The van der Waals surface area contributed by atoms with Gasteiger partial charge in [0.2, 0.25) is 21.8 Å². The van der Waals surface area contributed by atoms with E-state index in [2.05, 4.69) is 30.6 Å². The van der Waals surface area contributed by atoms with Crippen LogP contribution in [0.5, 0.6) is 11.9 Å². The van der Waals surface area contributed by atoms with Crippen LogP contribution in [0, 0.1) is 19.3 Å². The highest BCUT2D eigenvalue weighted by Gasteiger charge is 2.41. The van der Waals surface area contributed by atoms with Gasteiger partial charge in [-0.3, -0.25) is 4.79 Å². The largest absolute Gasteiger partial charge is 0.472 e. The molecule has 5 aromatic rings. The maximum Gasteiger partial charge on any atom is 0.316 e. The van der Waals surface area contributed by atoms with E-state index in [0.29, 0.717) is 38.5 Å². The van der Waals surface area contributed by atoms with E-state index in [-0.39, 0.29) is 41.9 Å². The zero-order chi connectivity index (χ0) is 38.6. The highest BCUT2D eigenvalue weighted by atomic mass is 32.2. The highest BCUT2D eigenvalue weighted by molar-refractivity contribution is 7.89. The molecule has 1 aliphatic heterocycles. The molecule has 0 fully saturated rings. The lowest BCUT2D eigenvalue weighted by Gasteiger charge is -2.35. The minimum Gasteiger partial charge on any atom is -0.472 e. The van der Waals surface area contributed by atoms with Crippen molar-refractivity contribution < 1.29 is 27.4 Å². The number of aryl methyl sites for hydroxylation is 3. The second kappa shape index (κ2) is 16.2. The molecule has 2 atom stereocenters. The summed E-state index contributed by atoms with van der Waals surface area (Å²) in [5.74, 6) is -0.639. The first kappa shape index (κ1) is 38.7. The molecule has 2 aromatic carbocycles. The molecule has 0 unspecified atom stereocenters. The quantitative estimate of drug-likeness (QED) is 0.136. The molecule has 6 rings (SSSR count). The van der Waals surface area contributed by atoms with Gasteiger partial charge in [0.15, 0.2) is 0 Å². The second-order valence-corrected chi connectivity index (χ2v) is 15.8. The molecular weight excluding hydrogens is 709 g/mol. The number of aromatic nitrogens is 6. The normalized spacial score (nSPS) is 16.3. The first-order valence-corrected chi connectivity index (χ1v) is 19.7. The average Bonchev–Trinajstić information content (AvgIpc) is 3.55. The Kier molecular flexibility index (Phi) is 11.6. The van der Waals surface area contributed by atoms with Gasteiger partial charge in [-0.2, -0.15) is 4.31 Å². The topological polar surface area (TPSA) is 164 Å². The predicted molar refractivity (Wildman–Crippen MR) is 204 cm³/mol. The summed E-state index contributed by atoms with van der Waals surface area (Å²) >= 11 is 0. The molecule has 0 spiro atoms. The Labute approximate surface area is 316 Å². The van der Waals surface area contributed by atoms with E-state index in [4.69, 9.17) is 14.2 Å². The number of carbonyl (C=O) groups excluding carboxylic acids is 1. The van der Waals surface area contributed by atoms with E-state index in [1.165, 1.54) is 29.0 Å². The van der Waals surface area contributed by atoms with Gasteiger partial charge >= 0.3 is 6.01 Å². The molecule has 1 amide bonds. The van der Waals surface area contributed by atoms with E-state index in [1.807, 2.05) is 83.5 Å². The van der Waals surface area contributed by atoms with E-state index < -0.39 is 21.4 Å². The number of nitrogens with one attached hydrogen (secondary N) is 1. The molecule has 4 heterocycles. The molecule has 15 heteroatoms. The van der Waals surface area contributed by atoms with Gasteiger partial charge in [0.05, 0.1) is 42.2 Å². The summed E-state index contributed by atoms with van der Waals surface area (Å²) in [5, 5.41) is 11.9. The smallest absolute Gasteiger partial charge is 0.316 e. The number of ether oxygens (including phenoxy) is 3. The number of nitrogens with zero attached hydrogens (tertiary/aromatic N) is 7. The van der Waals surface area contributed by atoms with Crippen LogP contribution in [-0.2, 0) is 32.6 Å². The minimum absolute atomic E-state index is 0.0450. The zero-order valence-corrected chi connectivity index (χ0v) is 32.7. The lowest BCUT2D eigenvalue weighted by atomic mass is 9.69. The first-order valence-electron chi connectivity index (χ1n) is 18.3. The van der Waals surface area contributed by atoms with Crippen LogP contribution in [-0.4, -0.2) is 81.0 Å². The Morgan fingerprint density at radius 1 is 1.06 bits per heavy atom. The number of hydrogen-bond donors (Lipinski definition) is 1. The molecule has 14 nitrogen and oxygen atoms in total. The molecule has 0 saturated heterocycles. The average molecular weight is 757 g/mol. The van der Waals surface area contributed by atoms with Crippen LogP contribution in [0.1, 0.15) is 74.8 Å². The van der Waals surface area contributed by atoms with Crippen LogP contribution >= 0.6 is 0 Å². The fourth-order valence-corrected chi connectivity index (χ4v) is 8.36. The highest BCUT2D eigenvalue weighted by Crippen LogP contribution is 2.45. The predicted octanol–water partition coefficient (Wildman–Crippen LogP) is 5.83. The molecule has 0 saturated carbocycles. The molecule has 1 N–H and O–H groups in total. The van der Waals surface area contributed by atoms with Crippen molar-refractivity contribution >= 4 is 32.7 Å². The number of pyridine rings is 1. The number of sulfonamides is 1. The Balaban J connectivity index is 1.38. The molecular formula is C39H48N8O6S. The third kappa shape index (κ3) is 7.79. The third-order valence-electron chi connectivity index (χ3n) is 10.00. The van der Waals surface area contributed by atoms with Gasteiger partial charge in [-0.15, -0.1) is 5.10 Å². The number of fused-ring (bicyclic) bond motifs is 2. The minimum atomic E-state index is -3.94. The summed E-state index contributed by atoms with van der Waals surface area (Å²) in [6.45, 7) is 15.9. The van der Waals surface area contributed by atoms with E-state index in [1.54, 1.807) is 6.07 Å². The molecule has 54 heavy (non-hydrogen) atoms. The number of rotatable bonds is 14. The summed E-state index contributed by atoms with van der Waals surface area (Å²) in [4.78, 5) is 27.2. The van der Waals surface area contributed by atoms with E-state index in [0.717, 1.165) is 38.9 Å². The molecule has 0 bridgehead atoms. The Morgan fingerprint density at radius 2 is 1.83 bits per heavy atom. The van der Waals surface area contributed by atoms with Gasteiger partial charge < -0.3 is 19.5 Å². The maximum absolute atomic E-state index is 14.4. The number of hydrogen-bond acceptors (Lipinski definition) is 11. The Morgan fingerprint density at radius 3 is 2.56 bits per heavy atom. The van der Waals surface area contributed by atoms with E-state index >= 15 is 0 Å². The van der Waals surface area contributed by atoms with Gasteiger partial charge in [-0.05, 0) is 80.1 Å². The standard InChI is InChI=1S/C39H48N8O6S/c1-8-30-24-46(54(49,50)33-12-11-17-40-36(33)53-30)23-28-20-27(14-13-25(28)4)34(31-15-16-32-35(26(31)5)44-45-47(32)9-2)39(6,7)37(48)43-29-21-41-38(42-22-29)52-19-18-51-10-3/h11-17,20-22,30,34H,8-10,18-19,23-24H2,1-7H3,(H,43,48)/t30-,34+/m1/s1. The summed E-state index contributed by atoms with van der Waals surface area (Å²) in [6, 6.07) is 13.4. The molecule has 0 aliphatic carbocycles. The van der Waals surface area contributed by atoms with Gasteiger partial charge in [-0.1, -0.05) is 50.3 Å². The van der Waals surface area contributed by atoms with Crippen molar-refractivity contribution in [2.45, 2.75) is 84.9 Å². The van der Waals surface area contributed by atoms with Crippen LogP contribution in [0.3, 0.4) is 0 Å². The van der Waals surface area contributed by atoms with Gasteiger partial charge in [-0.25, -0.2) is 28.1 Å². The van der Waals surface area contributed by atoms with Crippen molar-refractivity contribution in [1.82, 2.24) is 34.3 Å². The third-order valence-corrected chi connectivity index (χ3v) is 11.8. The van der Waals surface area contributed by atoms with E-state index in [9.17, 15) is 13.2 Å². The summed E-state index contributed by atoms with van der Waals surface area (Å²) in [6.07, 6.45) is 4.79. The Bertz CT molecular complexity index is 2220. The van der Waals surface area contributed by atoms with Crippen molar-refractivity contribution in [2.24, 2.45) is 5.41 Å². The summed E-state index contributed by atoms with van der Waals surface area (Å²) in [5.41, 5.74) is 5.38. The monoisotopic (exact) mass is 756 g/mol.